The van der Waals surface area contributed by atoms with Gasteiger partial charge < -0.3 is 10.6 Å². The number of halogens is 2. The molecule has 1 aromatic carbocycles. The summed E-state index contributed by atoms with van der Waals surface area (Å²) in [5.74, 6) is 0.0958. The van der Waals surface area contributed by atoms with Crippen molar-refractivity contribution in [3.05, 3.63) is 35.1 Å². The van der Waals surface area contributed by atoms with Gasteiger partial charge in [0.05, 0.1) is 6.04 Å². The van der Waals surface area contributed by atoms with Gasteiger partial charge in [0.1, 0.15) is 5.82 Å². The number of hydrogen-bond donors (Lipinski definition) is 2. The molecule has 1 saturated heterocycles. The van der Waals surface area contributed by atoms with Gasteiger partial charge >= 0.3 is 0 Å². The van der Waals surface area contributed by atoms with Crippen molar-refractivity contribution >= 4 is 18.3 Å². The number of hydrogen-bond acceptors (Lipinski definition) is 2. The second-order valence-electron chi connectivity index (χ2n) is 5.47. The quantitative estimate of drug-likeness (QED) is 0.880. The highest BCUT2D eigenvalue weighted by molar-refractivity contribution is 5.85. The summed E-state index contributed by atoms with van der Waals surface area (Å²) in [6, 6.07) is 4.95. The van der Waals surface area contributed by atoms with E-state index in [0.29, 0.717) is 0 Å². The minimum absolute atomic E-state index is 0. The maximum absolute atomic E-state index is 13.1. The molecule has 1 atom stereocenters. The normalized spacial score (nSPS) is 21.9. The summed E-state index contributed by atoms with van der Waals surface area (Å²) in [7, 11) is 0. The fraction of sp³-hybridized carbons (Fsp3) is 0.533. The Balaban J connectivity index is 0.00000147. The molecule has 0 aromatic heterocycles. The Bertz CT molecular complexity index is 489. The van der Waals surface area contributed by atoms with E-state index in [4.69, 9.17) is 0 Å². The first-order valence-corrected chi connectivity index (χ1v) is 7.03. The zero-order valence-corrected chi connectivity index (χ0v) is 12.1. The number of rotatable bonds is 2. The number of aryl methyl sites for hydroxylation is 1. The molecular formula is C15H20ClFN2O. The SMILES string of the molecule is Cl.O=C(NC1CCc2cc(F)ccc21)C1CCNCC1. The first-order chi connectivity index (χ1) is 9.24. The monoisotopic (exact) mass is 298 g/mol. The van der Waals surface area contributed by atoms with Gasteiger partial charge in [-0.15, -0.1) is 12.4 Å². The molecule has 1 aromatic rings. The first-order valence-electron chi connectivity index (χ1n) is 7.03. The maximum atomic E-state index is 13.1. The molecule has 1 aliphatic heterocycles. The van der Waals surface area contributed by atoms with Gasteiger partial charge in [-0.25, -0.2) is 4.39 Å². The molecule has 1 fully saturated rings. The minimum atomic E-state index is -0.191. The Morgan fingerprint density at radius 1 is 1.25 bits per heavy atom. The van der Waals surface area contributed by atoms with Crippen LogP contribution in [0.15, 0.2) is 18.2 Å². The molecular weight excluding hydrogens is 279 g/mol. The van der Waals surface area contributed by atoms with Crippen LogP contribution < -0.4 is 10.6 Å². The van der Waals surface area contributed by atoms with Crippen molar-refractivity contribution in [2.45, 2.75) is 31.7 Å². The third-order valence-electron chi connectivity index (χ3n) is 4.21. The van der Waals surface area contributed by atoms with Crippen LogP contribution in [0, 0.1) is 11.7 Å². The van der Waals surface area contributed by atoms with E-state index in [0.717, 1.165) is 49.9 Å². The number of amides is 1. The largest absolute Gasteiger partial charge is 0.349 e. The molecule has 3 rings (SSSR count). The molecule has 0 bridgehead atoms. The zero-order chi connectivity index (χ0) is 13.2. The predicted octanol–water partition coefficient (Wildman–Crippen LogP) is 2.35. The average Bonchev–Trinajstić information content (AvgIpc) is 2.82. The van der Waals surface area contributed by atoms with Gasteiger partial charge in [-0.3, -0.25) is 4.79 Å². The number of piperidine rings is 1. The van der Waals surface area contributed by atoms with E-state index in [1.165, 1.54) is 6.07 Å². The van der Waals surface area contributed by atoms with E-state index in [1.54, 1.807) is 6.07 Å². The molecule has 1 unspecified atom stereocenters. The first kappa shape index (κ1) is 15.3. The molecule has 3 nitrogen and oxygen atoms in total. The van der Waals surface area contributed by atoms with Gasteiger partial charge in [0.15, 0.2) is 0 Å². The summed E-state index contributed by atoms with van der Waals surface area (Å²) in [5, 5.41) is 6.40. The van der Waals surface area contributed by atoms with Crippen molar-refractivity contribution < 1.29 is 9.18 Å². The highest BCUT2D eigenvalue weighted by Crippen LogP contribution is 2.32. The van der Waals surface area contributed by atoms with Crippen LogP contribution in [-0.2, 0) is 11.2 Å². The minimum Gasteiger partial charge on any atom is -0.349 e. The standard InChI is InChI=1S/C15H19FN2O.ClH/c16-12-2-3-13-11(9-12)1-4-14(13)18-15(19)10-5-7-17-8-6-10;/h2-3,9-10,14,17H,1,4-8H2,(H,18,19);1H. The van der Waals surface area contributed by atoms with Gasteiger partial charge in [-0.2, -0.15) is 0 Å². The van der Waals surface area contributed by atoms with E-state index in [9.17, 15) is 9.18 Å². The number of carbonyl (C=O) groups excluding carboxylic acids is 1. The predicted molar refractivity (Wildman–Crippen MR) is 78.4 cm³/mol. The van der Waals surface area contributed by atoms with Crippen LogP contribution in [0.5, 0.6) is 0 Å². The topological polar surface area (TPSA) is 41.1 Å². The molecule has 0 radical (unpaired) electrons. The van der Waals surface area contributed by atoms with E-state index < -0.39 is 0 Å². The van der Waals surface area contributed by atoms with Gasteiger partial charge in [-0.05, 0) is 62.0 Å². The second kappa shape index (κ2) is 6.55. The molecule has 1 heterocycles. The molecule has 5 heteroatoms. The van der Waals surface area contributed by atoms with Crippen LogP contribution in [0.3, 0.4) is 0 Å². The van der Waals surface area contributed by atoms with E-state index in [1.807, 2.05) is 6.07 Å². The molecule has 1 amide bonds. The molecule has 20 heavy (non-hydrogen) atoms. The van der Waals surface area contributed by atoms with Gasteiger partial charge in [-0.1, -0.05) is 6.07 Å². The zero-order valence-electron chi connectivity index (χ0n) is 11.3. The Hall–Kier alpha value is -1.13. The average molecular weight is 299 g/mol. The Kier molecular flexibility index (Phi) is 5.00. The highest BCUT2D eigenvalue weighted by Gasteiger charge is 2.27. The summed E-state index contributed by atoms with van der Waals surface area (Å²) in [6.07, 6.45) is 3.56. The molecule has 0 saturated carbocycles. The van der Waals surface area contributed by atoms with Crippen molar-refractivity contribution in [1.29, 1.82) is 0 Å². The number of nitrogens with one attached hydrogen (secondary N) is 2. The molecule has 1 aliphatic carbocycles. The van der Waals surface area contributed by atoms with Gasteiger partial charge in [0.2, 0.25) is 5.91 Å². The summed E-state index contributed by atoms with van der Waals surface area (Å²) >= 11 is 0. The number of benzene rings is 1. The Morgan fingerprint density at radius 3 is 2.75 bits per heavy atom. The Morgan fingerprint density at radius 2 is 2.00 bits per heavy atom. The highest BCUT2D eigenvalue weighted by atomic mass is 35.5. The van der Waals surface area contributed by atoms with E-state index in [2.05, 4.69) is 10.6 Å². The van der Waals surface area contributed by atoms with E-state index >= 15 is 0 Å². The fourth-order valence-corrected chi connectivity index (χ4v) is 3.11. The molecule has 2 aliphatic rings. The van der Waals surface area contributed by atoms with Crippen molar-refractivity contribution in [2.75, 3.05) is 13.1 Å². The lowest BCUT2D eigenvalue weighted by atomic mass is 9.96. The molecule has 0 spiro atoms. The van der Waals surface area contributed by atoms with Crippen LogP contribution in [-0.4, -0.2) is 19.0 Å². The molecule has 2 N–H and O–H groups in total. The van der Waals surface area contributed by atoms with Crippen LogP contribution >= 0.6 is 12.4 Å². The van der Waals surface area contributed by atoms with Crippen LogP contribution in [0.25, 0.3) is 0 Å². The van der Waals surface area contributed by atoms with Gasteiger partial charge in [0.25, 0.3) is 0 Å². The second-order valence-corrected chi connectivity index (χ2v) is 5.47. The summed E-state index contributed by atoms with van der Waals surface area (Å²) in [6.45, 7) is 1.84. The van der Waals surface area contributed by atoms with Crippen molar-refractivity contribution in [1.82, 2.24) is 10.6 Å². The smallest absolute Gasteiger partial charge is 0.223 e. The Labute approximate surface area is 124 Å². The van der Waals surface area contributed by atoms with Gasteiger partial charge in [0, 0.05) is 5.92 Å². The lowest BCUT2D eigenvalue weighted by Crippen LogP contribution is -2.39. The number of fused-ring (bicyclic) bond motifs is 1. The fourth-order valence-electron chi connectivity index (χ4n) is 3.11. The van der Waals surface area contributed by atoms with Crippen molar-refractivity contribution in [3.63, 3.8) is 0 Å². The van der Waals surface area contributed by atoms with Crippen molar-refractivity contribution in [3.8, 4) is 0 Å². The number of carbonyl (C=O) groups is 1. The summed E-state index contributed by atoms with van der Waals surface area (Å²) in [5.41, 5.74) is 2.12. The molecule has 110 valence electrons. The summed E-state index contributed by atoms with van der Waals surface area (Å²) in [4.78, 5) is 12.2. The lowest BCUT2D eigenvalue weighted by Gasteiger charge is -2.24. The lowest BCUT2D eigenvalue weighted by molar-refractivity contribution is -0.126. The van der Waals surface area contributed by atoms with E-state index in [-0.39, 0.29) is 36.1 Å². The third kappa shape index (κ3) is 3.13. The van der Waals surface area contributed by atoms with Crippen LogP contribution in [0.2, 0.25) is 0 Å². The van der Waals surface area contributed by atoms with Crippen molar-refractivity contribution in [2.24, 2.45) is 5.92 Å². The third-order valence-corrected chi connectivity index (χ3v) is 4.21. The van der Waals surface area contributed by atoms with Crippen LogP contribution in [0.1, 0.15) is 36.4 Å². The van der Waals surface area contributed by atoms with Crippen LogP contribution in [0.4, 0.5) is 4.39 Å². The summed E-state index contributed by atoms with van der Waals surface area (Å²) < 4.78 is 13.1. The maximum Gasteiger partial charge on any atom is 0.223 e.